The van der Waals surface area contributed by atoms with Crippen LogP contribution >= 0.6 is 11.6 Å². The molecule has 0 aliphatic rings. The summed E-state index contributed by atoms with van der Waals surface area (Å²) >= 11 is 5.88. The number of rotatable bonds is 7. The van der Waals surface area contributed by atoms with Gasteiger partial charge in [0, 0.05) is 18.1 Å². The average Bonchev–Trinajstić information content (AvgIpc) is 2.55. The van der Waals surface area contributed by atoms with Gasteiger partial charge in [0.1, 0.15) is 0 Å². The normalized spacial score (nSPS) is 12.2. The number of nitrogens with zero attached hydrogens (tertiary/aromatic N) is 1. The van der Waals surface area contributed by atoms with E-state index < -0.39 is 0 Å². The molecule has 0 radical (unpaired) electrons. The Balaban J connectivity index is 1.74. The van der Waals surface area contributed by atoms with Gasteiger partial charge in [0.25, 0.3) is 0 Å². The molecule has 0 spiro atoms. The summed E-state index contributed by atoms with van der Waals surface area (Å²) in [6, 6.07) is 17.9. The Morgan fingerprint density at radius 3 is 2.43 bits per heavy atom. The maximum atomic E-state index is 12.1. The lowest BCUT2D eigenvalue weighted by atomic mass is 10.0. The Labute approximate surface area is 143 Å². The highest BCUT2D eigenvalue weighted by Gasteiger charge is 2.10. The third-order valence-electron chi connectivity index (χ3n) is 3.75. The summed E-state index contributed by atoms with van der Waals surface area (Å²) in [6.45, 7) is 3.87. The number of carbonyl (C=O) groups excluding carboxylic acids is 1. The Bertz CT molecular complexity index is 613. The zero-order valence-electron chi connectivity index (χ0n) is 13.6. The molecule has 3 nitrogen and oxygen atoms in total. The zero-order valence-corrected chi connectivity index (χ0v) is 14.4. The molecule has 0 aromatic heterocycles. The van der Waals surface area contributed by atoms with Crippen molar-refractivity contribution < 1.29 is 4.79 Å². The van der Waals surface area contributed by atoms with Crippen LogP contribution in [0.1, 0.15) is 24.0 Å². The second-order valence-corrected chi connectivity index (χ2v) is 6.35. The van der Waals surface area contributed by atoms with Crippen molar-refractivity contribution >= 4 is 17.5 Å². The van der Waals surface area contributed by atoms with E-state index in [9.17, 15) is 4.79 Å². The minimum Gasteiger partial charge on any atom is -0.354 e. The molecule has 0 saturated heterocycles. The smallest absolute Gasteiger partial charge is 0.234 e. The van der Waals surface area contributed by atoms with Gasteiger partial charge in [0.05, 0.1) is 6.54 Å². The van der Waals surface area contributed by atoms with Crippen LogP contribution in [0.3, 0.4) is 0 Å². The summed E-state index contributed by atoms with van der Waals surface area (Å²) in [6.07, 6.45) is 0. The number of amides is 1. The van der Waals surface area contributed by atoms with E-state index in [-0.39, 0.29) is 5.91 Å². The Hall–Kier alpha value is -1.84. The monoisotopic (exact) mass is 330 g/mol. The number of hydrogen-bond acceptors (Lipinski definition) is 2. The molecule has 23 heavy (non-hydrogen) atoms. The average molecular weight is 331 g/mol. The molecule has 122 valence electrons. The number of carbonyl (C=O) groups is 1. The third-order valence-corrected chi connectivity index (χ3v) is 4.01. The van der Waals surface area contributed by atoms with E-state index in [4.69, 9.17) is 11.6 Å². The largest absolute Gasteiger partial charge is 0.354 e. The molecule has 2 aromatic carbocycles. The van der Waals surface area contributed by atoms with Crippen molar-refractivity contribution in [2.24, 2.45) is 0 Å². The first-order valence-corrected chi connectivity index (χ1v) is 8.17. The van der Waals surface area contributed by atoms with E-state index >= 15 is 0 Å². The van der Waals surface area contributed by atoms with E-state index in [1.807, 2.05) is 54.4 Å². The van der Waals surface area contributed by atoms with Gasteiger partial charge in [-0.15, -0.1) is 0 Å². The molecule has 0 unspecified atom stereocenters. The molecule has 2 aromatic rings. The number of nitrogens with one attached hydrogen (secondary N) is 1. The summed E-state index contributed by atoms with van der Waals surface area (Å²) < 4.78 is 0. The molecule has 4 heteroatoms. The Kier molecular flexibility index (Phi) is 6.63. The van der Waals surface area contributed by atoms with Gasteiger partial charge in [-0.25, -0.2) is 0 Å². The van der Waals surface area contributed by atoms with Crippen molar-refractivity contribution in [2.75, 3.05) is 20.1 Å². The van der Waals surface area contributed by atoms with Crippen LogP contribution < -0.4 is 5.32 Å². The summed E-state index contributed by atoms with van der Waals surface area (Å²) in [5.41, 5.74) is 2.38. The van der Waals surface area contributed by atoms with Crippen LogP contribution in [0.4, 0.5) is 0 Å². The predicted molar refractivity (Wildman–Crippen MR) is 95.7 cm³/mol. The Morgan fingerprint density at radius 2 is 1.78 bits per heavy atom. The van der Waals surface area contributed by atoms with Crippen molar-refractivity contribution in [2.45, 2.75) is 19.4 Å². The zero-order chi connectivity index (χ0) is 16.7. The maximum Gasteiger partial charge on any atom is 0.234 e. The van der Waals surface area contributed by atoms with Gasteiger partial charge < -0.3 is 5.32 Å². The lowest BCUT2D eigenvalue weighted by Gasteiger charge is -2.18. The molecule has 0 aliphatic carbocycles. The van der Waals surface area contributed by atoms with Crippen molar-refractivity contribution in [3.05, 3.63) is 70.7 Å². The quantitative estimate of drug-likeness (QED) is 0.839. The number of benzene rings is 2. The molecule has 1 atom stereocenters. The fraction of sp³-hybridized carbons (Fsp3) is 0.316. The predicted octanol–water partition coefficient (Wildman–Crippen LogP) is 3.69. The number of hydrogen-bond donors (Lipinski definition) is 1. The molecule has 0 bridgehead atoms. The van der Waals surface area contributed by atoms with Crippen LogP contribution in [-0.4, -0.2) is 30.9 Å². The first-order chi connectivity index (χ1) is 11.0. The molecule has 1 N–H and O–H groups in total. The SMILES string of the molecule is C[C@H](CNC(=O)CN(C)Cc1ccc(Cl)cc1)c1ccccc1. The fourth-order valence-electron chi connectivity index (χ4n) is 2.42. The van der Waals surface area contributed by atoms with E-state index in [1.54, 1.807) is 0 Å². The van der Waals surface area contributed by atoms with Crippen LogP contribution in [0.25, 0.3) is 0 Å². The van der Waals surface area contributed by atoms with Crippen LogP contribution in [0.15, 0.2) is 54.6 Å². The van der Waals surface area contributed by atoms with Gasteiger partial charge in [-0.1, -0.05) is 61.0 Å². The van der Waals surface area contributed by atoms with E-state index in [2.05, 4.69) is 24.4 Å². The lowest BCUT2D eigenvalue weighted by Crippen LogP contribution is -2.36. The van der Waals surface area contributed by atoms with E-state index in [0.717, 1.165) is 17.1 Å². The topological polar surface area (TPSA) is 32.3 Å². The van der Waals surface area contributed by atoms with Crippen LogP contribution in [0.2, 0.25) is 5.02 Å². The Morgan fingerprint density at radius 1 is 1.13 bits per heavy atom. The molecule has 0 aliphatic heterocycles. The highest BCUT2D eigenvalue weighted by atomic mass is 35.5. The van der Waals surface area contributed by atoms with Crippen LogP contribution in [-0.2, 0) is 11.3 Å². The van der Waals surface area contributed by atoms with Gasteiger partial charge in [-0.2, -0.15) is 0 Å². The minimum atomic E-state index is 0.0456. The van der Waals surface area contributed by atoms with Gasteiger partial charge in [0.2, 0.25) is 5.91 Å². The molecular weight excluding hydrogens is 308 g/mol. The van der Waals surface area contributed by atoms with Crippen molar-refractivity contribution in [1.82, 2.24) is 10.2 Å². The van der Waals surface area contributed by atoms with Crippen molar-refractivity contribution in [3.63, 3.8) is 0 Å². The fourth-order valence-corrected chi connectivity index (χ4v) is 2.55. The van der Waals surface area contributed by atoms with E-state index in [0.29, 0.717) is 19.0 Å². The highest BCUT2D eigenvalue weighted by molar-refractivity contribution is 6.30. The van der Waals surface area contributed by atoms with Crippen molar-refractivity contribution in [1.29, 1.82) is 0 Å². The molecule has 0 fully saturated rings. The molecule has 0 saturated carbocycles. The first kappa shape index (κ1) is 17.5. The molecular formula is C19H23ClN2O. The number of halogens is 1. The summed E-state index contributed by atoms with van der Waals surface area (Å²) in [4.78, 5) is 14.1. The van der Waals surface area contributed by atoms with Crippen molar-refractivity contribution in [3.8, 4) is 0 Å². The maximum absolute atomic E-state index is 12.1. The molecule has 0 heterocycles. The summed E-state index contributed by atoms with van der Waals surface area (Å²) in [5, 5.41) is 3.73. The van der Waals surface area contributed by atoms with Gasteiger partial charge in [-0.05, 0) is 36.2 Å². The summed E-state index contributed by atoms with van der Waals surface area (Å²) in [5.74, 6) is 0.353. The minimum absolute atomic E-state index is 0.0456. The van der Waals surface area contributed by atoms with Gasteiger partial charge in [0.15, 0.2) is 0 Å². The lowest BCUT2D eigenvalue weighted by molar-refractivity contribution is -0.122. The molecule has 2 rings (SSSR count). The first-order valence-electron chi connectivity index (χ1n) is 7.79. The molecule has 1 amide bonds. The standard InChI is InChI=1S/C19H23ClN2O/c1-15(17-6-4-3-5-7-17)12-21-19(23)14-22(2)13-16-8-10-18(20)11-9-16/h3-11,15H,12-14H2,1-2H3,(H,21,23)/t15-/m1/s1. The number of likely N-dealkylation sites (N-methyl/N-ethyl adjacent to an activating group) is 1. The van der Waals surface area contributed by atoms with Crippen LogP contribution in [0.5, 0.6) is 0 Å². The van der Waals surface area contributed by atoms with Gasteiger partial charge >= 0.3 is 0 Å². The highest BCUT2D eigenvalue weighted by Crippen LogP contribution is 2.13. The summed E-state index contributed by atoms with van der Waals surface area (Å²) in [7, 11) is 1.94. The van der Waals surface area contributed by atoms with Crippen LogP contribution in [0, 0.1) is 0 Å². The second-order valence-electron chi connectivity index (χ2n) is 5.91. The van der Waals surface area contributed by atoms with Gasteiger partial charge in [-0.3, -0.25) is 9.69 Å². The third kappa shape index (κ3) is 6.05. The van der Waals surface area contributed by atoms with E-state index in [1.165, 1.54) is 5.56 Å². The second kappa shape index (κ2) is 8.70.